The number of hydrogen-bond acceptors (Lipinski definition) is 5. The Labute approximate surface area is 150 Å². The number of carbonyl (C=O) groups is 1. The van der Waals surface area contributed by atoms with Gasteiger partial charge in [0.25, 0.3) is 5.91 Å². The molecule has 0 saturated heterocycles. The minimum absolute atomic E-state index is 0.247. The van der Waals surface area contributed by atoms with Crippen LogP contribution in [0.2, 0.25) is 5.02 Å². The van der Waals surface area contributed by atoms with Crippen molar-refractivity contribution < 1.29 is 4.79 Å². The molecule has 1 aromatic carbocycles. The summed E-state index contributed by atoms with van der Waals surface area (Å²) < 4.78 is 0. The van der Waals surface area contributed by atoms with Crippen molar-refractivity contribution in [3.05, 3.63) is 77.0 Å². The molecule has 0 unspecified atom stereocenters. The fourth-order valence-corrected chi connectivity index (χ4v) is 2.32. The Morgan fingerprint density at radius 1 is 1.16 bits per heavy atom. The van der Waals surface area contributed by atoms with Gasteiger partial charge in [0, 0.05) is 29.6 Å². The Morgan fingerprint density at radius 3 is 2.76 bits per heavy atom. The van der Waals surface area contributed by atoms with Crippen molar-refractivity contribution in [2.75, 3.05) is 5.32 Å². The van der Waals surface area contributed by atoms with Crippen LogP contribution < -0.4 is 10.6 Å². The molecule has 0 atom stereocenters. The maximum absolute atomic E-state index is 12.1. The minimum Gasteiger partial charge on any atom is -0.347 e. The highest BCUT2D eigenvalue weighted by Gasteiger charge is 2.08. The van der Waals surface area contributed by atoms with Gasteiger partial charge in [0.15, 0.2) is 0 Å². The predicted molar refractivity (Wildman–Crippen MR) is 96.9 cm³/mol. The summed E-state index contributed by atoms with van der Waals surface area (Å²) in [6.45, 7) is 2.35. The molecule has 0 radical (unpaired) electrons. The monoisotopic (exact) mass is 353 g/mol. The van der Waals surface area contributed by atoms with Crippen molar-refractivity contribution in [2.24, 2.45) is 0 Å². The number of aromatic nitrogens is 3. The summed E-state index contributed by atoms with van der Waals surface area (Å²) in [4.78, 5) is 24.5. The van der Waals surface area contributed by atoms with E-state index in [4.69, 9.17) is 11.6 Å². The predicted octanol–water partition coefficient (Wildman–Crippen LogP) is 3.51. The number of aryl methyl sites for hydroxylation is 1. The van der Waals surface area contributed by atoms with Gasteiger partial charge in [-0.25, -0.2) is 9.97 Å². The SMILES string of the molecule is Cc1ccc(Cl)cc1Nc1cnc(C(=O)NCc2cccnc2)cn1. The Kier molecular flexibility index (Phi) is 5.20. The van der Waals surface area contributed by atoms with Gasteiger partial charge in [-0.05, 0) is 36.2 Å². The van der Waals surface area contributed by atoms with Gasteiger partial charge in [-0.15, -0.1) is 0 Å². The van der Waals surface area contributed by atoms with Crippen LogP contribution >= 0.6 is 11.6 Å². The number of nitrogens with one attached hydrogen (secondary N) is 2. The molecule has 126 valence electrons. The van der Waals surface area contributed by atoms with E-state index in [0.717, 1.165) is 16.8 Å². The van der Waals surface area contributed by atoms with E-state index >= 15 is 0 Å². The van der Waals surface area contributed by atoms with Gasteiger partial charge >= 0.3 is 0 Å². The summed E-state index contributed by atoms with van der Waals surface area (Å²) in [6, 6.07) is 9.26. The molecule has 3 rings (SSSR count). The highest BCUT2D eigenvalue weighted by molar-refractivity contribution is 6.30. The zero-order chi connectivity index (χ0) is 17.6. The van der Waals surface area contributed by atoms with Gasteiger partial charge in [0.1, 0.15) is 11.5 Å². The maximum atomic E-state index is 12.1. The van der Waals surface area contributed by atoms with Crippen LogP contribution in [0, 0.1) is 6.92 Å². The molecular weight excluding hydrogens is 338 g/mol. The summed E-state index contributed by atoms with van der Waals surface area (Å²) in [5, 5.41) is 6.55. The van der Waals surface area contributed by atoms with Crippen molar-refractivity contribution in [3.63, 3.8) is 0 Å². The summed E-state index contributed by atoms with van der Waals surface area (Å²) in [6.07, 6.45) is 6.33. The van der Waals surface area contributed by atoms with E-state index in [-0.39, 0.29) is 11.6 Å². The first kappa shape index (κ1) is 16.9. The van der Waals surface area contributed by atoms with Gasteiger partial charge in [-0.2, -0.15) is 0 Å². The normalized spacial score (nSPS) is 10.3. The number of pyridine rings is 1. The molecule has 0 spiro atoms. The molecule has 2 aromatic heterocycles. The third-order valence-corrected chi connectivity index (χ3v) is 3.76. The Bertz CT molecular complexity index is 868. The largest absolute Gasteiger partial charge is 0.347 e. The lowest BCUT2D eigenvalue weighted by molar-refractivity contribution is 0.0945. The molecule has 2 heterocycles. The fourth-order valence-electron chi connectivity index (χ4n) is 2.15. The van der Waals surface area contributed by atoms with E-state index in [1.807, 2.05) is 37.3 Å². The van der Waals surface area contributed by atoms with Crippen molar-refractivity contribution in [3.8, 4) is 0 Å². The lowest BCUT2D eigenvalue weighted by atomic mass is 10.2. The molecule has 7 heteroatoms. The van der Waals surface area contributed by atoms with Crippen molar-refractivity contribution in [2.45, 2.75) is 13.5 Å². The molecular formula is C18H16ClN5O. The number of carbonyl (C=O) groups excluding carboxylic acids is 1. The number of hydrogen-bond donors (Lipinski definition) is 2. The van der Waals surface area contributed by atoms with Crippen LogP contribution in [0.25, 0.3) is 0 Å². The van der Waals surface area contributed by atoms with E-state index in [9.17, 15) is 4.79 Å². The van der Waals surface area contributed by atoms with Crippen LogP contribution in [0.3, 0.4) is 0 Å². The Hall–Kier alpha value is -2.99. The third kappa shape index (κ3) is 4.51. The minimum atomic E-state index is -0.290. The molecule has 0 aliphatic rings. The molecule has 6 nitrogen and oxygen atoms in total. The smallest absolute Gasteiger partial charge is 0.271 e. The first-order valence-electron chi connectivity index (χ1n) is 7.64. The second kappa shape index (κ2) is 7.72. The first-order chi connectivity index (χ1) is 12.1. The van der Waals surface area contributed by atoms with Crippen LogP contribution in [0.5, 0.6) is 0 Å². The summed E-state index contributed by atoms with van der Waals surface area (Å²) in [5.74, 6) is 0.246. The van der Waals surface area contributed by atoms with Crippen LogP contribution in [0.4, 0.5) is 11.5 Å². The van der Waals surface area contributed by atoms with Gasteiger partial charge in [-0.1, -0.05) is 23.7 Å². The molecule has 25 heavy (non-hydrogen) atoms. The van der Waals surface area contributed by atoms with Crippen molar-refractivity contribution >= 4 is 29.0 Å². The molecule has 1 amide bonds. The van der Waals surface area contributed by atoms with Gasteiger partial charge in [0.05, 0.1) is 12.4 Å². The molecule has 2 N–H and O–H groups in total. The molecule has 0 saturated carbocycles. The molecule has 3 aromatic rings. The number of halogens is 1. The summed E-state index contributed by atoms with van der Waals surface area (Å²) in [5.41, 5.74) is 3.04. The van der Waals surface area contributed by atoms with E-state index in [2.05, 4.69) is 25.6 Å². The van der Waals surface area contributed by atoms with E-state index in [0.29, 0.717) is 17.4 Å². The van der Waals surface area contributed by atoms with Crippen LogP contribution in [-0.4, -0.2) is 20.9 Å². The second-order valence-corrected chi connectivity index (χ2v) is 5.85. The van der Waals surface area contributed by atoms with Crippen LogP contribution in [0.15, 0.2) is 55.1 Å². The van der Waals surface area contributed by atoms with Gasteiger partial charge in [-0.3, -0.25) is 9.78 Å². The summed E-state index contributed by atoms with van der Waals surface area (Å²) >= 11 is 6.00. The van der Waals surface area contributed by atoms with E-state index in [1.54, 1.807) is 12.4 Å². The highest BCUT2D eigenvalue weighted by Crippen LogP contribution is 2.22. The topological polar surface area (TPSA) is 79.8 Å². The lowest BCUT2D eigenvalue weighted by Crippen LogP contribution is -2.24. The Morgan fingerprint density at radius 2 is 2.04 bits per heavy atom. The molecule has 0 fully saturated rings. The maximum Gasteiger partial charge on any atom is 0.271 e. The number of amides is 1. The van der Waals surface area contributed by atoms with Crippen LogP contribution in [-0.2, 0) is 6.54 Å². The zero-order valence-corrected chi connectivity index (χ0v) is 14.3. The quantitative estimate of drug-likeness (QED) is 0.733. The fraction of sp³-hybridized carbons (Fsp3) is 0.111. The molecule has 0 aliphatic heterocycles. The molecule has 0 bridgehead atoms. The average molecular weight is 354 g/mol. The zero-order valence-electron chi connectivity index (χ0n) is 13.5. The number of rotatable bonds is 5. The van der Waals surface area contributed by atoms with E-state index in [1.165, 1.54) is 12.4 Å². The third-order valence-electron chi connectivity index (χ3n) is 3.52. The number of anilines is 2. The Balaban J connectivity index is 1.63. The van der Waals surface area contributed by atoms with Gasteiger partial charge in [0.2, 0.25) is 0 Å². The second-order valence-electron chi connectivity index (χ2n) is 5.42. The first-order valence-corrected chi connectivity index (χ1v) is 8.02. The van der Waals surface area contributed by atoms with E-state index < -0.39 is 0 Å². The van der Waals surface area contributed by atoms with Crippen molar-refractivity contribution in [1.29, 1.82) is 0 Å². The average Bonchev–Trinajstić information content (AvgIpc) is 2.64. The number of nitrogens with zero attached hydrogens (tertiary/aromatic N) is 3. The van der Waals surface area contributed by atoms with Crippen LogP contribution in [0.1, 0.15) is 21.6 Å². The highest BCUT2D eigenvalue weighted by atomic mass is 35.5. The number of benzene rings is 1. The summed E-state index contributed by atoms with van der Waals surface area (Å²) in [7, 11) is 0. The molecule has 0 aliphatic carbocycles. The van der Waals surface area contributed by atoms with Crippen molar-refractivity contribution in [1.82, 2.24) is 20.3 Å². The van der Waals surface area contributed by atoms with Gasteiger partial charge < -0.3 is 10.6 Å². The standard InChI is InChI=1S/C18H16ClN5O/c1-12-4-5-14(19)7-15(12)24-17-11-21-16(10-22-17)18(25)23-9-13-3-2-6-20-8-13/h2-8,10-11H,9H2,1H3,(H,22,24)(H,23,25). The lowest BCUT2D eigenvalue weighted by Gasteiger charge is -2.09.